The quantitative estimate of drug-likeness (QED) is 0.433. The third-order valence-corrected chi connectivity index (χ3v) is 1.52. The van der Waals surface area contributed by atoms with Crippen LogP contribution in [-0.2, 0) is 4.79 Å². The minimum Gasteiger partial charge on any atom is -0.299 e. The van der Waals surface area contributed by atoms with Gasteiger partial charge in [0, 0.05) is 0 Å². The maximum Gasteiger partial charge on any atom is 0.142 e. The largest absolute Gasteiger partial charge is 0.299 e. The lowest BCUT2D eigenvalue weighted by molar-refractivity contribution is -0.104. The summed E-state index contributed by atoms with van der Waals surface area (Å²) in [7, 11) is 0. The second-order valence-corrected chi connectivity index (χ2v) is 3.23. The topological polar surface area (TPSA) is 17.1 Å². The molecular weight excluding hydrogens is 124 g/mol. The fourth-order valence-electron chi connectivity index (χ4n) is 1.03. The van der Waals surface area contributed by atoms with E-state index in [1.165, 1.54) is 0 Å². The number of rotatable bonds is 4. The van der Waals surface area contributed by atoms with Crippen molar-refractivity contribution in [2.45, 2.75) is 33.6 Å². The highest BCUT2D eigenvalue weighted by Crippen LogP contribution is 2.22. The Balaban J connectivity index is 3.84. The highest BCUT2D eigenvalue weighted by Gasteiger charge is 2.10. The van der Waals surface area contributed by atoms with Crippen LogP contribution in [0.25, 0.3) is 0 Å². The molecule has 0 aliphatic heterocycles. The zero-order valence-corrected chi connectivity index (χ0v) is 7.05. The average molecular weight is 140 g/mol. The second kappa shape index (κ2) is 4.26. The maximum absolute atomic E-state index is 9.97. The molecule has 10 heavy (non-hydrogen) atoms. The molecule has 0 saturated heterocycles. The molecule has 0 aliphatic carbocycles. The van der Waals surface area contributed by atoms with Crippen molar-refractivity contribution in [3.8, 4) is 0 Å². The molecule has 0 saturated carbocycles. The van der Waals surface area contributed by atoms with E-state index in [2.05, 4.69) is 20.8 Å². The molecule has 1 nitrogen and oxygen atoms in total. The summed E-state index contributed by atoms with van der Waals surface area (Å²) in [5.41, 5.74) is 0.190. The van der Waals surface area contributed by atoms with Crippen LogP contribution in [-0.4, -0.2) is 6.29 Å². The summed E-state index contributed by atoms with van der Waals surface area (Å²) in [5.74, 6) is 0. The van der Waals surface area contributed by atoms with E-state index in [0.717, 1.165) is 19.1 Å². The Morgan fingerprint density at radius 3 is 2.40 bits per heavy atom. The standard InChI is InChI=1S/C9H16O/c1-4-6-9(2,3)7-5-8-10/h5,7-8H,4,6H2,1-3H3/b7-5+. The molecule has 58 valence electrons. The van der Waals surface area contributed by atoms with Crippen LogP contribution >= 0.6 is 0 Å². The van der Waals surface area contributed by atoms with Gasteiger partial charge in [-0.3, -0.25) is 4.79 Å². The van der Waals surface area contributed by atoms with E-state index in [0.29, 0.717) is 0 Å². The minimum atomic E-state index is 0.190. The van der Waals surface area contributed by atoms with Crippen LogP contribution in [0.3, 0.4) is 0 Å². The molecular formula is C9H16O. The molecule has 0 atom stereocenters. The first-order chi connectivity index (χ1) is 4.62. The van der Waals surface area contributed by atoms with E-state index in [4.69, 9.17) is 0 Å². The van der Waals surface area contributed by atoms with Crippen molar-refractivity contribution in [3.63, 3.8) is 0 Å². The van der Waals surface area contributed by atoms with Gasteiger partial charge < -0.3 is 0 Å². The number of allylic oxidation sites excluding steroid dienone is 2. The summed E-state index contributed by atoms with van der Waals surface area (Å²) in [6.07, 6.45) is 6.67. The summed E-state index contributed by atoms with van der Waals surface area (Å²) in [4.78, 5) is 9.97. The summed E-state index contributed by atoms with van der Waals surface area (Å²) in [6.45, 7) is 6.42. The summed E-state index contributed by atoms with van der Waals surface area (Å²) >= 11 is 0. The molecule has 0 heterocycles. The van der Waals surface area contributed by atoms with E-state index >= 15 is 0 Å². The Labute approximate surface area is 63.1 Å². The predicted octanol–water partition coefficient (Wildman–Crippen LogP) is 2.57. The SMILES string of the molecule is CCCC(C)(C)/C=C/C=O. The Morgan fingerprint density at radius 2 is 2.00 bits per heavy atom. The van der Waals surface area contributed by atoms with E-state index in [9.17, 15) is 4.79 Å². The van der Waals surface area contributed by atoms with Crippen molar-refractivity contribution in [3.05, 3.63) is 12.2 Å². The number of carbonyl (C=O) groups excluding carboxylic acids is 1. The van der Waals surface area contributed by atoms with Crippen LogP contribution in [0.5, 0.6) is 0 Å². The second-order valence-electron chi connectivity index (χ2n) is 3.23. The van der Waals surface area contributed by atoms with Crippen LogP contribution in [0.15, 0.2) is 12.2 Å². The molecule has 0 radical (unpaired) electrons. The molecule has 1 heteroatoms. The molecule has 0 fully saturated rings. The Kier molecular flexibility index (Phi) is 4.01. The molecule has 0 aromatic heterocycles. The first-order valence-electron chi connectivity index (χ1n) is 3.75. The van der Waals surface area contributed by atoms with Crippen molar-refractivity contribution in [2.75, 3.05) is 0 Å². The Hall–Kier alpha value is -0.590. The first-order valence-corrected chi connectivity index (χ1v) is 3.75. The van der Waals surface area contributed by atoms with E-state index < -0.39 is 0 Å². The van der Waals surface area contributed by atoms with E-state index in [1.54, 1.807) is 6.08 Å². The van der Waals surface area contributed by atoms with Gasteiger partial charge >= 0.3 is 0 Å². The fourth-order valence-corrected chi connectivity index (χ4v) is 1.03. The first kappa shape index (κ1) is 9.41. The molecule has 0 aliphatic rings. The van der Waals surface area contributed by atoms with Crippen molar-refractivity contribution >= 4 is 6.29 Å². The molecule has 0 unspecified atom stereocenters. The van der Waals surface area contributed by atoms with Gasteiger partial charge in [-0.15, -0.1) is 0 Å². The number of aldehydes is 1. The molecule has 0 spiro atoms. The lowest BCUT2D eigenvalue weighted by atomic mass is 9.88. The molecule has 0 bridgehead atoms. The van der Waals surface area contributed by atoms with Gasteiger partial charge in [-0.05, 0) is 17.9 Å². The fraction of sp³-hybridized carbons (Fsp3) is 0.667. The van der Waals surface area contributed by atoms with Crippen LogP contribution < -0.4 is 0 Å². The normalized spacial score (nSPS) is 12.3. The Bertz CT molecular complexity index is 123. The van der Waals surface area contributed by atoms with Gasteiger partial charge in [0.15, 0.2) is 0 Å². The van der Waals surface area contributed by atoms with E-state index in [-0.39, 0.29) is 5.41 Å². The Morgan fingerprint density at radius 1 is 1.40 bits per heavy atom. The summed E-state index contributed by atoms with van der Waals surface area (Å²) in [6, 6.07) is 0. The monoisotopic (exact) mass is 140 g/mol. The minimum absolute atomic E-state index is 0.190. The van der Waals surface area contributed by atoms with Gasteiger partial charge in [0.25, 0.3) is 0 Å². The van der Waals surface area contributed by atoms with Gasteiger partial charge in [-0.1, -0.05) is 33.3 Å². The van der Waals surface area contributed by atoms with Crippen LogP contribution in [0.2, 0.25) is 0 Å². The number of carbonyl (C=O) groups is 1. The van der Waals surface area contributed by atoms with Crippen molar-refractivity contribution in [1.29, 1.82) is 0 Å². The van der Waals surface area contributed by atoms with Crippen molar-refractivity contribution in [1.82, 2.24) is 0 Å². The van der Waals surface area contributed by atoms with Gasteiger partial charge in [0.2, 0.25) is 0 Å². The van der Waals surface area contributed by atoms with Gasteiger partial charge in [0.05, 0.1) is 0 Å². The van der Waals surface area contributed by atoms with Gasteiger partial charge in [-0.25, -0.2) is 0 Å². The molecule has 0 aromatic rings. The molecule has 0 N–H and O–H groups in total. The zero-order chi connectivity index (χ0) is 8.04. The summed E-state index contributed by atoms with van der Waals surface area (Å²) < 4.78 is 0. The zero-order valence-electron chi connectivity index (χ0n) is 7.05. The van der Waals surface area contributed by atoms with Gasteiger partial charge in [0.1, 0.15) is 6.29 Å². The average Bonchev–Trinajstić information content (AvgIpc) is 1.84. The third kappa shape index (κ3) is 4.30. The van der Waals surface area contributed by atoms with Crippen molar-refractivity contribution < 1.29 is 4.79 Å². The molecule has 0 rings (SSSR count). The van der Waals surface area contributed by atoms with Crippen LogP contribution in [0.4, 0.5) is 0 Å². The highest BCUT2D eigenvalue weighted by molar-refractivity contribution is 5.64. The smallest absolute Gasteiger partial charge is 0.142 e. The number of hydrogen-bond donors (Lipinski definition) is 0. The highest BCUT2D eigenvalue weighted by atomic mass is 16.1. The van der Waals surface area contributed by atoms with Gasteiger partial charge in [-0.2, -0.15) is 0 Å². The van der Waals surface area contributed by atoms with Crippen LogP contribution in [0.1, 0.15) is 33.6 Å². The lowest BCUT2D eigenvalue weighted by Gasteiger charge is -2.17. The maximum atomic E-state index is 9.97. The molecule has 0 amide bonds. The van der Waals surface area contributed by atoms with Crippen LogP contribution in [0, 0.1) is 5.41 Å². The van der Waals surface area contributed by atoms with E-state index in [1.807, 2.05) is 6.08 Å². The molecule has 0 aromatic carbocycles. The van der Waals surface area contributed by atoms with Crippen molar-refractivity contribution in [2.24, 2.45) is 5.41 Å². The summed E-state index contributed by atoms with van der Waals surface area (Å²) in [5, 5.41) is 0. The lowest BCUT2D eigenvalue weighted by Crippen LogP contribution is -2.05. The predicted molar refractivity (Wildman–Crippen MR) is 43.9 cm³/mol. The third-order valence-electron chi connectivity index (χ3n) is 1.52. The number of hydrogen-bond acceptors (Lipinski definition) is 1.